The summed E-state index contributed by atoms with van der Waals surface area (Å²) in [5.41, 5.74) is 0.726. The zero-order valence-electron chi connectivity index (χ0n) is 10.7. The van der Waals surface area contributed by atoms with Crippen LogP contribution in [0.15, 0.2) is 18.2 Å². The number of rotatable bonds is 3. The maximum absolute atomic E-state index is 5.93. The Hall–Kier alpha value is -1.26. The monoisotopic (exact) mass is 237 g/mol. The van der Waals surface area contributed by atoms with Gasteiger partial charge in [-0.3, -0.25) is 5.32 Å². The van der Waals surface area contributed by atoms with Crippen molar-refractivity contribution in [1.29, 1.82) is 0 Å². The van der Waals surface area contributed by atoms with Crippen LogP contribution >= 0.6 is 0 Å². The maximum Gasteiger partial charge on any atom is 0.124 e. The normalized spacial score (nSPS) is 22.5. The zero-order valence-corrected chi connectivity index (χ0v) is 10.7. The van der Waals surface area contributed by atoms with E-state index in [9.17, 15) is 0 Å². The van der Waals surface area contributed by atoms with E-state index in [-0.39, 0.29) is 11.8 Å². The van der Waals surface area contributed by atoms with Crippen molar-refractivity contribution in [3.63, 3.8) is 0 Å². The molecule has 1 aromatic rings. The van der Waals surface area contributed by atoms with Gasteiger partial charge in [0.2, 0.25) is 0 Å². The topological polar surface area (TPSA) is 39.7 Å². The van der Waals surface area contributed by atoms with Gasteiger partial charge in [0.05, 0.1) is 14.2 Å². The number of benzene rings is 1. The third-order valence-corrected chi connectivity index (χ3v) is 2.93. The van der Waals surface area contributed by atoms with E-state index in [1.54, 1.807) is 14.2 Å². The van der Waals surface area contributed by atoms with Crippen LogP contribution in [0.1, 0.15) is 25.5 Å². The summed E-state index contributed by atoms with van der Waals surface area (Å²) < 4.78 is 16.5. The summed E-state index contributed by atoms with van der Waals surface area (Å²) in [5, 5.41) is 3.31. The lowest BCUT2D eigenvalue weighted by molar-refractivity contribution is -0.0248. The summed E-state index contributed by atoms with van der Waals surface area (Å²) in [6.07, 6.45) is -0.00458. The molecule has 0 aliphatic carbocycles. The molecular formula is C13H19NO3. The predicted octanol–water partition coefficient (Wildman–Crippen LogP) is 2.10. The Balaban J connectivity index is 2.30. The zero-order chi connectivity index (χ0) is 12.5. The number of ether oxygens (including phenoxy) is 3. The Kier molecular flexibility index (Phi) is 3.26. The van der Waals surface area contributed by atoms with Crippen LogP contribution < -0.4 is 14.8 Å². The first kappa shape index (κ1) is 12.2. The van der Waals surface area contributed by atoms with E-state index in [4.69, 9.17) is 14.2 Å². The van der Waals surface area contributed by atoms with E-state index in [0.717, 1.165) is 23.6 Å². The van der Waals surface area contributed by atoms with Gasteiger partial charge in [0, 0.05) is 12.1 Å². The number of methoxy groups -OCH3 is 2. The van der Waals surface area contributed by atoms with Gasteiger partial charge in [-0.1, -0.05) is 0 Å². The summed E-state index contributed by atoms with van der Waals surface area (Å²) in [5.74, 6) is 1.64. The maximum atomic E-state index is 5.93. The van der Waals surface area contributed by atoms with Crippen molar-refractivity contribution in [2.75, 3.05) is 20.8 Å². The van der Waals surface area contributed by atoms with Crippen molar-refractivity contribution in [3.05, 3.63) is 23.8 Å². The Morgan fingerprint density at radius 1 is 1.29 bits per heavy atom. The third-order valence-electron chi connectivity index (χ3n) is 2.93. The number of hydrogen-bond acceptors (Lipinski definition) is 4. The van der Waals surface area contributed by atoms with Gasteiger partial charge in [0.15, 0.2) is 0 Å². The minimum Gasteiger partial charge on any atom is -0.497 e. The van der Waals surface area contributed by atoms with E-state index in [1.165, 1.54) is 0 Å². The molecule has 4 nitrogen and oxygen atoms in total. The highest BCUT2D eigenvalue weighted by Gasteiger charge is 2.33. The highest BCUT2D eigenvalue weighted by atomic mass is 16.5. The van der Waals surface area contributed by atoms with Crippen molar-refractivity contribution in [2.24, 2.45) is 0 Å². The molecule has 0 aromatic heterocycles. The number of hydrogen-bond donors (Lipinski definition) is 1. The molecule has 0 spiro atoms. The van der Waals surface area contributed by atoms with E-state index in [1.807, 2.05) is 32.0 Å². The van der Waals surface area contributed by atoms with Crippen LogP contribution in [0.5, 0.6) is 11.5 Å². The molecule has 1 unspecified atom stereocenters. The van der Waals surface area contributed by atoms with Gasteiger partial charge < -0.3 is 14.2 Å². The molecule has 17 heavy (non-hydrogen) atoms. The average Bonchev–Trinajstić information content (AvgIpc) is 2.68. The van der Waals surface area contributed by atoms with E-state index in [2.05, 4.69) is 5.32 Å². The molecule has 1 fully saturated rings. The Labute approximate surface area is 102 Å². The molecule has 1 aliphatic rings. The second-order valence-corrected chi connectivity index (χ2v) is 4.61. The van der Waals surface area contributed by atoms with Crippen LogP contribution in [0.25, 0.3) is 0 Å². The van der Waals surface area contributed by atoms with Gasteiger partial charge >= 0.3 is 0 Å². The molecule has 2 rings (SSSR count). The SMILES string of the molecule is COc1ccc(OC)c(C2CNC(C)(C)O2)c1. The van der Waals surface area contributed by atoms with Crippen LogP contribution in [-0.4, -0.2) is 26.5 Å². The van der Waals surface area contributed by atoms with Gasteiger partial charge in [0.1, 0.15) is 23.3 Å². The molecule has 4 heteroatoms. The standard InChI is InChI=1S/C13H19NO3/c1-13(2)14-8-12(17-13)10-7-9(15-3)5-6-11(10)16-4/h5-7,12,14H,8H2,1-4H3. The first-order chi connectivity index (χ1) is 8.05. The lowest BCUT2D eigenvalue weighted by Gasteiger charge is -2.20. The van der Waals surface area contributed by atoms with Crippen molar-refractivity contribution in [2.45, 2.75) is 25.7 Å². The van der Waals surface area contributed by atoms with Crippen LogP contribution in [-0.2, 0) is 4.74 Å². The molecule has 0 bridgehead atoms. The third kappa shape index (κ3) is 2.53. The lowest BCUT2D eigenvalue weighted by atomic mass is 10.1. The van der Waals surface area contributed by atoms with Crippen LogP contribution in [0.4, 0.5) is 0 Å². The molecule has 1 saturated heterocycles. The van der Waals surface area contributed by atoms with Crippen LogP contribution in [0.3, 0.4) is 0 Å². The smallest absolute Gasteiger partial charge is 0.124 e. The van der Waals surface area contributed by atoms with Gasteiger partial charge in [-0.25, -0.2) is 0 Å². The molecule has 0 radical (unpaired) electrons. The van der Waals surface area contributed by atoms with Gasteiger partial charge in [-0.15, -0.1) is 0 Å². The molecule has 1 aliphatic heterocycles. The first-order valence-electron chi connectivity index (χ1n) is 5.70. The highest BCUT2D eigenvalue weighted by Crippen LogP contribution is 2.35. The Morgan fingerprint density at radius 3 is 2.59 bits per heavy atom. The largest absolute Gasteiger partial charge is 0.497 e. The molecule has 1 aromatic carbocycles. The summed E-state index contributed by atoms with van der Waals surface area (Å²) >= 11 is 0. The highest BCUT2D eigenvalue weighted by molar-refractivity contribution is 5.42. The Morgan fingerprint density at radius 2 is 2.06 bits per heavy atom. The van der Waals surface area contributed by atoms with Crippen molar-refractivity contribution >= 4 is 0 Å². The molecule has 0 saturated carbocycles. The van der Waals surface area contributed by atoms with Crippen molar-refractivity contribution in [3.8, 4) is 11.5 Å². The van der Waals surface area contributed by atoms with Gasteiger partial charge in [-0.2, -0.15) is 0 Å². The minimum atomic E-state index is -0.293. The minimum absolute atomic E-state index is 0.00458. The van der Waals surface area contributed by atoms with E-state index >= 15 is 0 Å². The van der Waals surface area contributed by atoms with Crippen LogP contribution in [0.2, 0.25) is 0 Å². The second kappa shape index (κ2) is 4.55. The molecular weight excluding hydrogens is 218 g/mol. The molecule has 94 valence electrons. The fraction of sp³-hybridized carbons (Fsp3) is 0.538. The second-order valence-electron chi connectivity index (χ2n) is 4.61. The number of nitrogens with one attached hydrogen (secondary N) is 1. The molecule has 1 heterocycles. The lowest BCUT2D eigenvalue weighted by Crippen LogP contribution is -2.33. The molecule has 1 atom stereocenters. The van der Waals surface area contributed by atoms with E-state index in [0.29, 0.717) is 0 Å². The Bertz CT molecular complexity index is 404. The summed E-state index contributed by atoms with van der Waals surface area (Å²) in [4.78, 5) is 0. The molecule has 0 amide bonds. The van der Waals surface area contributed by atoms with Gasteiger partial charge in [-0.05, 0) is 32.0 Å². The predicted molar refractivity (Wildman–Crippen MR) is 65.5 cm³/mol. The van der Waals surface area contributed by atoms with Crippen molar-refractivity contribution < 1.29 is 14.2 Å². The first-order valence-corrected chi connectivity index (χ1v) is 5.70. The summed E-state index contributed by atoms with van der Waals surface area (Å²) in [7, 11) is 3.32. The van der Waals surface area contributed by atoms with E-state index < -0.39 is 0 Å². The van der Waals surface area contributed by atoms with Crippen molar-refractivity contribution in [1.82, 2.24) is 5.32 Å². The summed E-state index contributed by atoms with van der Waals surface area (Å²) in [6.45, 7) is 4.80. The van der Waals surface area contributed by atoms with Crippen LogP contribution in [0, 0.1) is 0 Å². The summed E-state index contributed by atoms with van der Waals surface area (Å²) in [6, 6.07) is 5.76. The fourth-order valence-electron chi connectivity index (χ4n) is 2.04. The fourth-order valence-corrected chi connectivity index (χ4v) is 2.04. The molecule has 1 N–H and O–H groups in total. The average molecular weight is 237 g/mol. The quantitative estimate of drug-likeness (QED) is 0.874. The van der Waals surface area contributed by atoms with Gasteiger partial charge in [0.25, 0.3) is 0 Å².